The van der Waals surface area contributed by atoms with E-state index in [0.717, 1.165) is 22.8 Å². The number of hydrogen-bond acceptors (Lipinski definition) is 3. The average Bonchev–Trinajstić information content (AvgIpc) is 2.73. The average molecular weight is 235 g/mol. The van der Waals surface area contributed by atoms with Gasteiger partial charge in [0.1, 0.15) is 11.3 Å². The quantitative estimate of drug-likeness (QED) is 0.859. The zero-order valence-electron chi connectivity index (χ0n) is 9.69. The van der Waals surface area contributed by atoms with Gasteiger partial charge in [-0.3, -0.25) is 0 Å². The third kappa shape index (κ3) is 2.42. The van der Waals surface area contributed by atoms with Gasteiger partial charge in [-0.15, -0.1) is 0 Å². The molecule has 1 N–H and O–H groups in total. The van der Waals surface area contributed by atoms with Crippen molar-refractivity contribution >= 4 is 22.7 Å². The summed E-state index contributed by atoms with van der Waals surface area (Å²) >= 11 is 1.92. The lowest BCUT2D eigenvalue weighted by molar-refractivity contribution is 0.479. The van der Waals surface area contributed by atoms with Gasteiger partial charge in [-0.25, -0.2) is 0 Å². The van der Waals surface area contributed by atoms with Crippen LogP contribution in [0.3, 0.4) is 0 Å². The SMILES string of the molecule is CCSCC(NC)c1cc2ccccc2o1. The van der Waals surface area contributed by atoms with Crippen LogP contribution < -0.4 is 5.32 Å². The summed E-state index contributed by atoms with van der Waals surface area (Å²) in [7, 11) is 1.98. The Morgan fingerprint density at radius 1 is 1.38 bits per heavy atom. The van der Waals surface area contributed by atoms with E-state index in [4.69, 9.17) is 4.42 Å². The molecule has 1 aromatic heterocycles. The maximum Gasteiger partial charge on any atom is 0.134 e. The number of rotatable bonds is 5. The highest BCUT2D eigenvalue weighted by Gasteiger charge is 2.13. The van der Waals surface area contributed by atoms with Crippen molar-refractivity contribution in [2.75, 3.05) is 18.6 Å². The topological polar surface area (TPSA) is 25.2 Å². The van der Waals surface area contributed by atoms with E-state index in [9.17, 15) is 0 Å². The molecule has 0 aliphatic heterocycles. The first-order valence-corrected chi connectivity index (χ1v) is 6.74. The van der Waals surface area contributed by atoms with Crippen LogP contribution in [-0.4, -0.2) is 18.6 Å². The normalized spacial score (nSPS) is 13.1. The summed E-state index contributed by atoms with van der Waals surface area (Å²) in [5, 5.41) is 4.48. The minimum Gasteiger partial charge on any atom is -0.459 e. The monoisotopic (exact) mass is 235 g/mol. The molecule has 0 saturated heterocycles. The van der Waals surface area contributed by atoms with Gasteiger partial charge in [0.15, 0.2) is 0 Å². The Hall–Kier alpha value is -0.930. The second-order valence-electron chi connectivity index (χ2n) is 3.69. The Balaban J connectivity index is 2.23. The zero-order chi connectivity index (χ0) is 11.4. The third-order valence-electron chi connectivity index (χ3n) is 2.63. The first-order chi connectivity index (χ1) is 7.85. The van der Waals surface area contributed by atoms with Crippen molar-refractivity contribution in [1.82, 2.24) is 5.32 Å². The molecule has 86 valence electrons. The van der Waals surface area contributed by atoms with E-state index in [2.05, 4.69) is 24.4 Å². The third-order valence-corrected chi connectivity index (χ3v) is 3.60. The fourth-order valence-electron chi connectivity index (χ4n) is 1.72. The maximum atomic E-state index is 5.84. The predicted octanol–water partition coefficient (Wildman–Crippen LogP) is 3.45. The molecule has 0 fully saturated rings. The molecular formula is C13H17NOS. The van der Waals surface area contributed by atoms with E-state index in [0.29, 0.717) is 6.04 Å². The highest BCUT2D eigenvalue weighted by Crippen LogP contribution is 2.25. The summed E-state index contributed by atoms with van der Waals surface area (Å²) in [6, 6.07) is 10.6. The standard InChI is InChI=1S/C13H17NOS/c1-3-16-9-11(14-2)13-8-10-6-4-5-7-12(10)15-13/h4-8,11,14H,3,9H2,1-2H3. The number of fused-ring (bicyclic) bond motifs is 1. The molecule has 0 amide bonds. The van der Waals surface area contributed by atoms with E-state index in [1.165, 1.54) is 5.39 Å². The first-order valence-electron chi connectivity index (χ1n) is 5.58. The summed E-state index contributed by atoms with van der Waals surface area (Å²) in [4.78, 5) is 0. The van der Waals surface area contributed by atoms with Crippen LogP contribution in [0.4, 0.5) is 0 Å². The lowest BCUT2D eigenvalue weighted by Gasteiger charge is -2.11. The van der Waals surface area contributed by atoms with E-state index >= 15 is 0 Å². The van der Waals surface area contributed by atoms with Crippen molar-refractivity contribution in [2.45, 2.75) is 13.0 Å². The number of nitrogens with one attached hydrogen (secondary N) is 1. The number of hydrogen-bond donors (Lipinski definition) is 1. The summed E-state index contributed by atoms with van der Waals surface area (Å²) < 4.78 is 5.84. The molecule has 3 heteroatoms. The molecule has 0 aliphatic carbocycles. The second-order valence-corrected chi connectivity index (χ2v) is 5.01. The number of para-hydroxylation sites is 1. The van der Waals surface area contributed by atoms with Crippen molar-refractivity contribution in [2.24, 2.45) is 0 Å². The molecule has 2 rings (SSSR count). The Kier molecular flexibility index (Phi) is 3.91. The lowest BCUT2D eigenvalue weighted by atomic mass is 10.2. The molecule has 0 bridgehead atoms. The van der Waals surface area contributed by atoms with E-state index < -0.39 is 0 Å². The summed E-state index contributed by atoms with van der Waals surface area (Å²) in [5.41, 5.74) is 0.972. The van der Waals surface area contributed by atoms with Gasteiger partial charge >= 0.3 is 0 Å². The molecule has 16 heavy (non-hydrogen) atoms. The Morgan fingerprint density at radius 2 is 2.19 bits per heavy atom. The van der Waals surface area contributed by atoms with Gasteiger partial charge in [0.05, 0.1) is 6.04 Å². The van der Waals surface area contributed by atoms with Gasteiger partial charge in [-0.05, 0) is 24.9 Å². The lowest BCUT2D eigenvalue weighted by Crippen LogP contribution is -2.18. The van der Waals surface area contributed by atoms with Crippen LogP contribution in [0.15, 0.2) is 34.7 Å². The van der Waals surface area contributed by atoms with Crippen LogP contribution in [-0.2, 0) is 0 Å². The molecule has 1 heterocycles. The van der Waals surface area contributed by atoms with Gasteiger partial charge in [0.2, 0.25) is 0 Å². The smallest absolute Gasteiger partial charge is 0.134 e. The van der Waals surface area contributed by atoms with E-state index in [1.54, 1.807) is 0 Å². The van der Waals surface area contributed by atoms with Crippen molar-refractivity contribution in [3.63, 3.8) is 0 Å². The van der Waals surface area contributed by atoms with Crippen LogP contribution in [0.1, 0.15) is 18.7 Å². The highest BCUT2D eigenvalue weighted by atomic mass is 32.2. The molecule has 0 aliphatic rings. The molecule has 1 aromatic carbocycles. The Bertz CT molecular complexity index is 419. The second kappa shape index (κ2) is 5.41. The summed E-state index contributed by atoms with van der Waals surface area (Å²) in [6.45, 7) is 2.18. The van der Waals surface area contributed by atoms with Gasteiger partial charge in [0.25, 0.3) is 0 Å². The van der Waals surface area contributed by atoms with Crippen LogP contribution >= 0.6 is 11.8 Å². The van der Waals surface area contributed by atoms with Gasteiger partial charge in [0, 0.05) is 11.1 Å². The molecule has 0 spiro atoms. The van der Waals surface area contributed by atoms with E-state index in [-0.39, 0.29) is 0 Å². The predicted molar refractivity (Wildman–Crippen MR) is 71.0 cm³/mol. The Morgan fingerprint density at radius 3 is 2.88 bits per heavy atom. The largest absolute Gasteiger partial charge is 0.459 e. The maximum absolute atomic E-state index is 5.84. The number of benzene rings is 1. The molecule has 0 radical (unpaired) electrons. The van der Waals surface area contributed by atoms with Crippen molar-refractivity contribution in [1.29, 1.82) is 0 Å². The minimum atomic E-state index is 0.303. The van der Waals surface area contributed by atoms with Gasteiger partial charge < -0.3 is 9.73 Å². The Labute approximate surface area is 100 Å². The molecular weight excluding hydrogens is 218 g/mol. The molecule has 2 aromatic rings. The summed E-state index contributed by atoms with van der Waals surface area (Å²) in [6.07, 6.45) is 0. The number of furan rings is 1. The van der Waals surface area contributed by atoms with Gasteiger partial charge in [-0.2, -0.15) is 11.8 Å². The minimum absolute atomic E-state index is 0.303. The molecule has 2 nitrogen and oxygen atoms in total. The molecule has 1 unspecified atom stereocenters. The first kappa shape index (κ1) is 11.6. The highest BCUT2D eigenvalue weighted by molar-refractivity contribution is 7.99. The number of thioether (sulfide) groups is 1. The fourth-order valence-corrected chi connectivity index (χ4v) is 2.52. The van der Waals surface area contributed by atoms with Crippen molar-refractivity contribution < 1.29 is 4.42 Å². The van der Waals surface area contributed by atoms with Gasteiger partial charge in [-0.1, -0.05) is 25.1 Å². The zero-order valence-corrected chi connectivity index (χ0v) is 10.5. The van der Waals surface area contributed by atoms with Crippen molar-refractivity contribution in [3.05, 3.63) is 36.1 Å². The van der Waals surface area contributed by atoms with Crippen LogP contribution in [0, 0.1) is 0 Å². The van der Waals surface area contributed by atoms with Crippen LogP contribution in [0.25, 0.3) is 11.0 Å². The summed E-state index contributed by atoms with van der Waals surface area (Å²) in [5.74, 6) is 3.22. The van der Waals surface area contributed by atoms with Crippen LogP contribution in [0.2, 0.25) is 0 Å². The van der Waals surface area contributed by atoms with Crippen molar-refractivity contribution in [3.8, 4) is 0 Å². The molecule has 0 saturated carbocycles. The van der Waals surface area contributed by atoms with E-state index in [1.807, 2.05) is 37.0 Å². The van der Waals surface area contributed by atoms with Crippen LogP contribution in [0.5, 0.6) is 0 Å². The molecule has 1 atom stereocenters. The fraction of sp³-hybridized carbons (Fsp3) is 0.385.